The van der Waals surface area contributed by atoms with Crippen LogP contribution in [0.3, 0.4) is 0 Å². The monoisotopic (exact) mass is 291 g/mol. The van der Waals surface area contributed by atoms with E-state index in [1.807, 2.05) is 0 Å². The summed E-state index contributed by atoms with van der Waals surface area (Å²) in [5.74, 6) is -0.776. The van der Waals surface area contributed by atoms with Crippen molar-refractivity contribution in [1.29, 1.82) is 0 Å². The van der Waals surface area contributed by atoms with Gasteiger partial charge in [0, 0.05) is 12.8 Å². The summed E-state index contributed by atoms with van der Waals surface area (Å²) in [6.45, 7) is 0. The Balaban J connectivity index is 1.92. The SMILES string of the molecule is O=C(CC1CCCC1)NC(Cc1cccc(O)c1)C(=O)O. The summed E-state index contributed by atoms with van der Waals surface area (Å²) >= 11 is 0. The molecule has 1 unspecified atom stereocenters. The number of amides is 1. The number of hydrogen-bond acceptors (Lipinski definition) is 3. The number of phenols is 1. The van der Waals surface area contributed by atoms with Gasteiger partial charge < -0.3 is 15.5 Å². The van der Waals surface area contributed by atoms with Gasteiger partial charge in [0.05, 0.1) is 0 Å². The largest absolute Gasteiger partial charge is 0.508 e. The van der Waals surface area contributed by atoms with Gasteiger partial charge in [-0.05, 0) is 36.5 Å². The Hall–Kier alpha value is -2.04. The third kappa shape index (κ3) is 4.77. The lowest BCUT2D eigenvalue weighted by atomic mass is 10.0. The van der Waals surface area contributed by atoms with Crippen LogP contribution in [0.25, 0.3) is 0 Å². The van der Waals surface area contributed by atoms with Crippen LogP contribution in [0.2, 0.25) is 0 Å². The Morgan fingerprint density at radius 3 is 2.62 bits per heavy atom. The van der Waals surface area contributed by atoms with Crippen molar-refractivity contribution in [1.82, 2.24) is 5.32 Å². The molecular weight excluding hydrogens is 270 g/mol. The molecule has 0 heterocycles. The molecule has 0 radical (unpaired) electrons. The van der Waals surface area contributed by atoms with Crippen molar-refractivity contribution in [3.05, 3.63) is 29.8 Å². The van der Waals surface area contributed by atoms with Crippen molar-refractivity contribution >= 4 is 11.9 Å². The Morgan fingerprint density at radius 2 is 2.00 bits per heavy atom. The minimum atomic E-state index is -1.06. The third-order valence-electron chi connectivity index (χ3n) is 3.93. The van der Waals surface area contributed by atoms with Gasteiger partial charge in [-0.3, -0.25) is 4.79 Å². The Kier molecular flexibility index (Phi) is 5.20. The number of nitrogens with one attached hydrogen (secondary N) is 1. The molecular formula is C16H21NO4. The van der Waals surface area contributed by atoms with Gasteiger partial charge in [0.2, 0.25) is 5.91 Å². The molecule has 1 amide bonds. The molecule has 21 heavy (non-hydrogen) atoms. The molecule has 1 aliphatic carbocycles. The second-order valence-electron chi connectivity index (χ2n) is 5.69. The quantitative estimate of drug-likeness (QED) is 0.749. The van der Waals surface area contributed by atoms with E-state index in [-0.39, 0.29) is 18.1 Å². The molecule has 1 aliphatic rings. The molecule has 0 aliphatic heterocycles. The van der Waals surface area contributed by atoms with Crippen LogP contribution in [0, 0.1) is 5.92 Å². The van der Waals surface area contributed by atoms with Gasteiger partial charge in [-0.1, -0.05) is 25.0 Å². The summed E-state index contributed by atoms with van der Waals surface area (Å²) in [5.41, 5.74) is 0.684. The summed E-state index contributed by atoms with van der Waals surface area (Å²) in [7, 11) is 0. The predicted octanol–water partition coefficient (Wildman–Crippen LogP) is 2.08. The zero-order chi connectivity index (χ0) is 15.2. The standard InChI is InChI=1S/C16H21NO4/c18-13-7-3-6-12(8-13)9-14(16(20)21)17-15(19)10-11-4-1-2-5-11/h3,6-8,11,14,18H,1-2,4-5,9-10H2,(H,17,19)(H,20,21). The lowest BCUT2D eigenvalue weighted by Crippen LogP contribution is -2.42. The van der Waals surface area contributed by atoms with Gasteiger partial charge in [-0.25, -0.2) is 4.79 Å². The number of phenolic OH excluding ortho intramolecular Hbond substituents is 1. The number of aliphatic carboxylic acids is 1. The molecule has 0 aromatic heterocycles. The molecule has 1 aromatic carbocycles. The van der Waals surface area contributed by atoms with Gasteiger partial charge in [-0.15, -0.1) is 0 Å². The van der Waals surface area contributed by atoms with E-state index in [2.05, 4.69) is 5.32 Å². The van der Waals surface area contributed by atoms with E-state index >= 15 is 0 Å². The van der Waals surface area contributed by atoms with Crippen molar-refractivity contribution in [2.24, 2.45) is 5.92 Å². The molecule has 5 nitrogen and oxygen atoms in total. The minimum absolute atomic E-state index is 0.0916. The number of carboxylic acid groups (broad SMARTS) is 1. The highest BCUT2D eigenvalue weighted by molar-refractivity contribution is 5.83. The molecule has 0 bridgehead atoms. The van der Waals surface area contributed by atoms with Gasteiger partial charge in [0.15, 0.2) is 0 Å². The molecule has 1 aromatic rings. The number of carbonyl (C=O) groups is 2. The number of rotatable bonds is 6. The first kappa shape index (κ1) is 15.4. The predicted molar refractivity (Wildman–Crippen MR) is 78.0 cm³/mol. The maximum Gasteiger partial charge on any atom is 0.326 e. The van der Waals surface area contributed by atoms with Gasteiger partial charge in [0.1, 0.15) is 11.8 Å². The van der Waals surface area contributed by atoms with E-state index in [0.29, 0.717) is 17.9 Å². The highest BCUT2D eigenvalue weighted by Crippen LogP contribution is 2.27. The van der Waals surface area contributed by atoms with Crippen molar-refractivity contribution in [3.63, 3.8) is 0 Å². The minimum Gasteiger partial charge on any atom is -0.508 e. The number of hydrogen-bond donors (Lipinski definition) is 3. The summed E-state index contributed by atoms with van der Waals surface area (Å²) < 4.78 is 0. The Labute approximate surface area is 124 Å². The molecule has 3 N–H and O–H groups in total. The lowest BCUT2D eigenvalue weighted by Gasteiger charge is -2.16. The normalized spacial score (nSPS) is 16.6. The highest BCUT2D eigenvalue weighted by Gasteiger charge is 2.23. The summed E-state index contributed by atoms with van der Waals surface area (Å²) in [6, 6.07) is 5.47. The average molecular weight is 291 g/mol. The van der Waals surface area contributed by atoms with E-state index in [1.54, 1.807) is 12.1 Å². The lowest BCUT2D eigenvalue weighted by molar-refractivity contribution is -0.141. The van der Waals surface area contributed by atoms with Crippen LogP contribution < -0.4 is 5.32 Å². The van der Waals surface area contributed by atoms with E-state index in [1.165, 1.54) is 12.1 Å². The van der Waals surface area contributed by atoms with Crippen molar-refractivity contribution in [2.75, 3.05) is 0 Å². The van der Waals surface area contributed by atoms with Crippen molar-refractivity contribution in [3.8, 4) is 5.75 Å². The first-order chi connectivity index (χ1) is 10.0. The summed E-state index contributed by atoms with van der Waals surface area (Å²) in [6.07, 6.45) is 4.99. The smallest absolute Gasteiger partial charge is 0.326 e. The fourth-order valence-corrected chi connectivity index (χ4v) is 2.85. The first-order valence-corrected chi connectivity index (χ1v) is 7.34. The van der Waals surface area contributed by atoms with Crippen molar-refractivity contribution in [2.45, 2.75) is 44.6 Å². The number of carbonyl (C=O) groups excluding carboxylic acids is 1. The van der Waals surface area contributed by atoms with Crippen LogP contribution in [0.5, 0.6) is 5.75 Å². The zero-order valence-electron chi connectivity index (χ0n) is 11.9. The van der Waals surface area contributed by atoms with Crippen LogP contribution >= 0.6 is 0 Å². The zero-order valence-corrected chi connectivity index (χ0v) is 11.9. The molecule has 114 valence electrons. The van der Waals surface area contributed by atoms with Crippen LogP contribution in [-0.2, 0) is 16.0 Å². The van der Waals surface area contributed by atoms with Gasteiger partial charge in [-0.2, -0.15) is 0 Å². The molecule has 1 atom stereocenters. The molecule has 1 fully saturated rings. The molecule has 1 saturated carbocycles. The van der Waals surface area contributed by atoms with Crippen molar-refractivity contribution < 1.29 is 19.8 Å². The molecule has 2 rings (SSSR count). The first-order valence-electron chi connectivity index (χ1n) is 7.34. The Morgan fingerprint density at radius 1 is 1.29 bits per heavy atom. The maximum atomic E-state index is 11.9. The Bertz CT molecular complexity index is 509. The van der Waals surface area contributed by atoms with Crippen LogP contribution in [0.1, 0.15) is 37.7 Å². The second kappa shape index (κ2) is 7.11. The van der Waals surface area contributed by atoms with Gasteiger partial charge >= 0.3 is 5.97 Å². The topological polar surface area (TPSA) is 86.6 Å². The molecule has 0 saturated heterocycles. The third-order valence-corrected chi connectivity index (χ3v) is 3.93. The van der Waals surface area contributed by atoms with Crippen LogP contribution in [0.4, 0.5) is 0 Å². The number of aromatic hydroxyl groups is 1. The van der Waals surface area contributed by atoms with E-state index in [0.717, 1.165) is 25.7 Å². The summed E-state index contributed by atoms with van der Waals surface area (Å²) in [4.78, 5) is 23.2. The maximum absolute atomic E-state index is 11.9. The summed E-state index contributed by atoms with van der Waals surface area (Å²) in [5, 5.41) is 21.2. The average Bonchev–Trinajstić information content (AvgIpc) is 2.90. The van der Waals surface area contributed by atoms with Gasteiger partial charge in [0.25, 0.3) is 0 Å². The highest BCUT2D eigenvalue weighted by atomic mass is 16.4. The van der Waals surface area contributed by atoms with Crippen LogP contribution in [-0.4, -0.2) is 28.1 Å². The van der Waals surface area contributed by atoms with E-state index < -0.39 is 12.0 Å². The molecule has 5 heteroatoms. The van der Waals surface area contributed by atoms with E-state index in [4.69, 9.17) is 0 Å². The number of benzene rings is 1. The van der Waals surface area contributed by atoms with E-state index in [9.17, 15) is 19.8 Å². The van der Waals surface area contributed by atoms with Crippen LogP contribution in [0.15, 0.2) is 24.3 Å². The second-order valence-corrected chi connectivity index (χ2v) is 5.69. The fraction of sp³-hybridized carbons (Fsp3) is 0.500. The molecule has 0 spiro atoms. The fourth-order valence-electron chi connectivity index (χ4n) is 2.85. The number of carboxylic acids is 1.